The smallest absolute Gasteiger partial charge is 0.270 e. The highest BCUT2D eigenvalue weighted by Gasteiger charge is 2.34. The molecule has 3 heterocycles. The number of aliphatic imine (C=N–C) groups is 1. The maximum Gasteiger partial charge on any atom is 0.270 e. The van der Waals surface area contributed by atoms with E-state index in [1.165, 1.54) is 0 Å². The van der Waals surface area contributed by atoms with E-state index in [9.17, 15) is 9.00 Å². The van der Waals surface area contributed by atoms with Crippen LogP contribution in [0.15, 0.2) is 27.9 Å². The lowest BCUT2D eigenvalue weighted by Gasteiger charge is -2.22. The van der Waals surface area contributed by atoms with Crippen molar-refractivity contribution in [3.63, 3.8) is 0 Å². The first-order valence-electron chi connectivity index (χ1n) is 6.28. The zero-order valence-electron chi connectivity index (χ0n) is 11.4. The number of anilines is 1. The van der Waals surface area contributed by atoms with Crippen LogP contribution in [0.5, 0.6) is 0 Å². The normalized spacial score (nSPS) is 20.8. The molecule has 0 saturated heterocycles. The highest BCUT2D eigenvalue weighted by Crippen LogP contribution is 2.25. The number of carbonyl (C=O) groups is 1. The summed E-state index contributed by atoms with van der Waals surface area (Å²) < 4.78 is 12.3. The number of aromatic amines is 1. The summed E-state index contributed by atoms with van der Waals surface area (Å²) in [4.78, 5) is 18.1. The van der Waals surface area contributed by atoms with Gasteiger partial charge in [0.1, 0.15) is 15.7 Å². The summed E-state index contributed by atoms with van der Waals surface area (Å²) in [5, 5.41) is 15.6. The first-order valence-corrected chi connectivity index (χ1v) is 7.43. The Labute approximate surface area is 122 Å². The average molecular weight is 307 g/mol. The molecule has 0 spiro atoms. The van der Waals surface area contributed by atoms with E-state index in [1.54, 1.807) is 17.3 Å². The number of aromatic nitrogens is 4. The number of tetrazole rings is 1. The van der Waals surface area contributed by atoms with E-state index >= 15 is 0 Å². The van der Waals surface area contributed by atoms with Crippen LogP contribution in [0.4, 0.5) is 5.95 Å². The van der Waals surface area contributed by atoms with Gasteiger partial charge in [-0.3, -0.25) is 10.1 Å². The minimum absolute atomic E-state index is 0.0331. The second-order valence-corrected chi connectivity index (χ2v) is 6.19. The summed E-state index contributed by atoms with van der Waals surface area (Å²) in [5.74, 6) is -0.155. The van der Waals surface area contributed by atoms with Gasteiger partial charge >= 0.3 is 0 Å². The third-order valence-corrected chi connectivity index (χ3v) is 4.48. The number of H-pyrrole nitrogens is 1. The molecule has 0 aliphatic carbocycles. The molecule has 0 aromatic carbocycles. The number of nitrogens with one attached hydrogen (secondary N) is 2. The van der Waals surface area contributed by atoms with Crippen LogP contribution in [0.3, 0.4) is 0 Å². The molecule has 21 heavy (non-hydrogen) atoms. The van der Waals surface area contributed by atoms with Gasteiger partial charge in [-0.25, -0.2) is 9.20 Å². The second-order valence-electron chi connectivity index (χ2n) is 4.85. The number of hydrogen-bond donors (Lipinski definition) is 2. The minimum Gasteiger partial charge on any atom is -0.320 e. The predicted molar refractivity (Wildman–Crippen MR) is 76.1 cm³/mol. The fourth-order valence-corrected chi connectivity index (χ4v) is 3.03. The van der Waals surface area contributed by atoms with Gasteiger partial charge in [0.2, 0.25) is 5.17 Å². The van der Waals surface area contributed by atoms with E-state index in [-0.39, 0.29) is 10.9 Å². The van der Waals surface area contributed by atoms with E-state index in [1.807, 2.05) is 0 Å². The highest BCUT2D eigenvalue weighted by molar-refractivity contribution is 8.05. The van der Waals surface area contributed by atoms with Crippen LogP contribution in [0.2, 0.25) is 0 Å². The van der Waals surface area contributed by atoms with E-state index < -0.39 is 16.7 Å². The monoisotopic (exact) mass is 307 g/mol. The van der Waals surface area contributed by atoms with Crippen LogP contribution in [-0.2, 0) is 15.6 Å². The third kappa shape index (κ3) is 2.49. The number of carbonyl (C=O) groups excluding carboxylic acids is 1. The van der Waals surface area contributed by atoms with Crippen LogP contribution in [0, 0.1) is 5.92 Å². The van der Waals surface area contributed by atoms with Gasteiger partial charge in [-0.2, -0.15) is 5.21 Å². The van der Waals surface area contributed by atoms with Crippen molar-refractivity contribution in [1.82, 2.24) is 25.5 Å². The van der Waals surface area contributed by atoms with Gasteiger partial charge in [0, 0.05) is 18.9 Å². The molecule has 2 aliphatic heterocycles. The zero-order valence-corrected chi connectivity index (χ0v) is 12.2. The van der Waals surface area contributed by atoms with Crippen molar-refractivity contribution in [2.45, 2.75) is 13.8 Å². The molecule has 9 nitrogen and oxygen atoms in total. The lowest BCUT2D eigenvalue weighted by Crippen LogP contribution is -2.30. The summed E-state index contributed by atoms with van der Waals surface area (Å²) in [7, 11) is -1.60. The average Bonchev–Trinajstić information content (AvgIpc) is 3.06. The van der Waals surface area contributed by atoms with Gasteiger partial charge < -0.3 is 4.90 Å². The Morgan fingerprint density at radius 3 is 3.00 bits per heavy atom. The predicted octanol–water partition coefficient (Wildman–Crippen LogP) is -0.0466. The lowest BCUT2D eigenvalue weighted by molar-refractivity contribution is -0.112. The Morgan fingerprint density at radius 2 is 2.33 bits per heavy atom. The molecule has 10 heteroatoms. The Kier molecular flexibility index (Phi) is 3.37. The number of hydrogen-bond acceptors (Lipinski definition) is 7. The molecule has 1 unspecified atom stereocenters. The molecule has 1 aromatic rings. The van der Waals surface area contributed by atoms with E-state index in [0.29, 0.717) is 17.6 Å². The molecule has 2 aliphatic rings. The van der Waals surface area contributed by atoms with Crippen LogP contribution < -0.4 is 5.32 Å². The number of rotatable bonds is 3. The molecular weight excluding hydrogens is 294 g/mol. The van der Waals surface area contributed by atoms with Crippen molar-refractivity contribution in [3.05, 3.63) is 22.9 Å². The fourth-order valence-electron chi connectivity index (χ4n) is 1.91. The standard InChI is InChI=1S/C11H13N7O2S/c1-6(2)7-3-12-11-18(4-7)5-8(21(11)20)9(19)13-10-14-16-17-15-10/h3,5-6H,4H2,1-2H3,(H2,13,14,15,16,17,19). The summed E-state index contributed by atoms with van der Waals surface area (Å²) in [6.45, 7) is 4.71. The van der Waals surface area contributed by atoms with E-state index in [4.69, 9.17) is 0 Å². The Hall–Kier alpha value is -2.36. The molecule has 1 amide bonds. The molecule has 0 fully saturated rings. The van der Waals surface area contributed by atoms with Gasteiger partial charge in [-0.1, -0.05) is 18.9 Å². The van der Waals surface area contributed by atoms with Gasteiger partial charge in [0.15, 0.2) is 0 Å². The quantitative estimate of drug-likeness (QED) is 0.809. The highest BCUT2D eigenvalue weighted by atomic mass is 32.2. The largest absolute Gasteiger partial charge is 0.320 e. The number of fused-ring (bicyclic) bond motifs is 1. The zero-order chi connectivity index (χ0) is 15.0. The van der Waals surface area contributed by atoms with Crippen molar-refractivity contribution in [3.8, 4) is 0 Å². The third-order valence-electron chi connectivity index (χ3n) is 3.11. The van der Waals surface area contributed by atoms with Crippen LogP contribution in [0.25, 0.3) is 0 Å². The molecule has 0 saturated carbocycles. The lowest BCUT2D eigenvalue weighted by atomic mass is 10.0. The molecule has 3 rings (SSSR count). The maximum absolute atomic E-state index is 12.3. The topological polar surface area (TPSA) is 116 Å². The summed E-state index contributed by atoms with van der Waals surface area (Å²) in [5.41, 5.74) is 1.12. The molecule has 110 valence electrons. The van der Waals surface area contributed by atoms with Crippen molar-refractivity contribution in [2.75, 3.05) is 11.9 Å². The molecule has 1 atom stereocenters. The van der Waals surface area contributed by atoms with Gasteiger partial charge in [0.05, 0.1) is 0 Å². The van der Waals surface area contributed by atoms with Gasteiger partial charge in [-0.15, -0.1) is 5.10 Å². The Bertz CT molecular complexity index is 689. The second kappa shape index (κ2) is 5.20. The van der Waals surface area contributed by atoms with E-state index in [2.05, 4.69) is 44.8 Å². The van der Waals surface area contributed by atoms with Crippen molar-refractivity contribution in [1.29, 1.82) is 0 Å². The van der Waals surface area contributed by atoms with Crippen molar-refractivity contribution >= 4 is 27.8 Å². The van der Waals surface area contributed by atoms with Gasteiger partial charge in [-0.05, 0) is 16.7 Å². The van der Waals surface area contributed by atoms with Crippen LogP contribution in [0.1, 0.15) is 13.8 Å². The SMILES string of the molecule is CC(C)C1=CN=C2N(C=C(C(=O)Nc3nn[nH]n3)S2=O)C1. The first-order chi connectivity index (χ1) is 10.1. The molecule has 2 N–H and O–H groups in total. The van der Waals surface area contributed by atoms with Gasteiger partial charge in [0.25, 0.3) is 11.9 Å². The fraction of sp³-hybridized carbons (Fsp3) is 0.364. The molecule has 0 bridgehead atoms. The minimum atomic E-state index is -1.60. The maximum atomic E-state index is 12.3. The summed E-state index contributed by atoms with van der Waals surface area (Å²) >= 11 is 0. The number of amidine groups is 1. The molecular formula is C11H13N7O2S. The summed E-state index contributed by atoms with van der Waals surface area (Å²) in [6.07, 6.45) is 3.28. The Balaban J connectivity index is 1.80. The summed E-state index contributed by atoms with van der Waals surface area (Å²) in [6, 6.07) is 0. The van der Waals surface area contributed by atoms with E-state index in [0.717, 1.165) is 5.57 Å². The molecule has 1 aromatic heterocycles. The van der Waals surface area contributed by atoms with Crippen LogP contribution in [-0.4, -0.2) is 47.4 Å². The Morgan fingerprint density at radius 1 is 1.52 bits per heavy atom. The van der Waals surface area contributed by atoms with Crippen molar-refractivity contribution < 1.29 is 9.00 Å². The van der Waals surface area contributed by atoms with Crippen molar-refractivity contribution in [2.24, 2.45) is 10.9 Å². The molecule has 0 radical (unpaired) electrons. The number of amides is 1. The van der Waals surface area contributed by atoms with Crippen LogP contribution >= 0.6 is 0 Å². The first kappa shape index (κ1) is 13.6. The number of nitrogens with zero attached hydrogens (tertiary/aromatic N) is 5.